The molecule has 2 heterocycles. The fraction of sp³-hybridized carbons (Fsp3) is 0.519. The Morgan fingerprint density at radius 3 is 1.84 bits per heavy atom. The predicted molar refractivity (Wildman–Crippen MR) is 127 cm³/mol. The largest absolute Gasteiger partial charge is 0.379 e. The number of ether oxygens (including phenoxy) is 2. The smallest absolute Gasteiger partial charge is 0.181 e. The van der Waals surface area contributed by atoms with Crippen LogP contribution in [0.3, 0.4) is 0 Å². The van der Waals surface area contributed by atoms with Crippen LogP contribution in [0.2, 0.25) is 0 Å². The van der Waals surface area contributed by atoms with E-state index in [1.807, 2.05) is 18.2 Å². The number of benzene rings is 2. The molecular formula is C27H36N2O3. The molecule has 0 radical (unpaired) electrons. The molecule has 2 aromatic carbocycles. The summed E-state index contributed by atoms with van der Waals surface area (Å²) in [5.41, 5.74) is 3.27. The molecular weight excluding hydrogens is 400 g/mol. The second-order valence-corrected chi connectivity index (χ2v) is 9.79. The second-order valence-electron chi connectivity index (χ2n) is 9.79. The first kappa shape index (κ1) is 23.1. The highest BCUT2D eigenvalue weighted by Gasteiger charge is 2.39. The maximum absolute atomic E-state index is 14.1. The van der Waals surface area contributed by atoms with Crippen LogP contribution in [0.15, 0.2) is 54.6 Å². The van der Waals surface area contributed by atoms with Crippen LogP contribution >= 0.6 is 0 Å². The van der Waals surface area contributed by atoms with Gasteiger partial charge in [0.1, 0.15) is 0 Å². The van der Waals surface area contributed by atoms with E-state index in [1.165, 1.54) is 11.1 Å². The molecule has 2 fully saturated rings. The number of carbonyl (C=O) groups excluding carboxylic acids is 1. The highest BCUT2D eigenvalue weighted by molar-refractivity contribution is 6.00. The summed E-state index contributed by atoms with van der Waals surface area (Å²) in [5.74, 6) is 0.188. The van der Waals surface area contributed by atoms with Crippen LogP contribution < -0.4 is 0 Å². The molecule has 2 aliphatic heterocycles. The topological polar surface area (TPSA) is 42.0 Å². The van der Waals surface area contributed by atoms with E-state index in [2.05, 4.69) is 67.0 Å². The van der Waals surface area contributed by atoms with Gasteiger partial charge in [0.15, 0.2) is 5.78 Å². The maximum Gasteiger partial charge on any atom is 0.181 e. The molecule has 2 atom stereocenters. The lowest BCUT2D eigenvalue weighted by Gasteiger charge is -2.44. The number of Topliss-reactive ketones (excluding diaryl/α,β-unsaturated/α-hetero) is 1. The molecule has 0 saturated carbocycles. The van der Waals surface area contributed by atoms with Gasteiger partial charge in [-0.25, -0.2) is 0 Å². The monoisotopic (exact) mass is 436 g/mol. The Morgan fingerprint density at radius 2 is 1.31 bits per heavy atom. The molecule has 0 unspecified atom stereocenters. The second kappa shape index (κ2) is 10.3. The molecule has 0 spiro atoms. The van der Waals surface area contributed by atoms with Gasteiger partial charge in [-0.1, -0.05) is 75.4 Å². The van der Waals surface area contributed by atoms with Crippen LogP contribution in [0.25, 0.3) is 0 Å². The summed E-state index contributed by atoms with van der Waals surface area (Å²) in [6, 6.07) is 18.4. The normalized spacial score (nSPS) is 20.6. The van der Waals surface area contributed by atoms with Gasteiger partial charge in [-0.2, -0.15) is 0 Å². The van der Waals surface area contributed by atoms with Gasteiger partial charge >= 0.3 is 0 Å². The Morgan fingerprint density at radius 1 is 0.781 bits per heavy atom. The van der Waals surface area contributed by atoms with Crippen molar-refractivity contribution in [3.63, 3.8) is 0 Å². The third kappa shape index (κ3) is 5.29. The summed E-state index contributed by atoms with van der Waals surface area (Å²) in [7, 11) is 0. The van der Waals surface area contributed by atoms with Crippen molar-refractivity contribution in [2.45, 2.75) is 38.3 Å². The number of carbonyl (C=O) groups is 1. The zero-order valence-electron chi connectivity index (χ0n) is 19.6. The number of ketones is 1. The number of morpholine rings is 2. The average molecular weight is 437 g/mol. The molecule has 2 aromatic rings. The Kier molecular flexibility index (Phi) is 7.41. The summed E-state index contributed by atoms with van der Waals surface area (Å²) >= 11 is 0. The molecule has 5 heteroatoms. The van der Waals surface area contributed by atoms with Crippen LogP contribution in [0.5, 0.6) is 0 Å². The highest BCUT2D eigenvalue weighted by atomic mass is 16.5. The zero-order chi connectivity index (χ0) is 22.6. The molecule has 2 aliphatic rings. The maximum atomic E-state index is 14.1. The third-order valence-corrected chi connectivity index (χ3v) is 6.62. The first-order valence-corrected chi connectivity index (χ1v) is 11.8. The van der Waals surface area contributed by atoms with Crippen molar-refractivity contribution < 1.29 is 14.3 Å². The van der Waals surface area contributed by atoms with Crippen molar-refractivity contribution in [2.75, 3.05) is 52.6 Å². The van der Waals surface area contributed by atoms with Crippen molar-refractivity contribution in [1.29, 1.82) is 0 Å². The standard InChI is InChI=1S/C27H36N2O3/c1-27(2,3)23-11-9-22(10-12-23)26(30)25(29-15-19-32-20-16-29)24(21-7-5-4-6-8-21)28-13-17-31-18-14-28/h4-12,24-25H,13-20H2,1-3H3/t24-,25-/m1/s1. The average Bonchev–Trinajstić information content (AvgIpc) is 2.83. The van der Waals surface area contributed by atoms with Crippen LogP contribution in [-0.2, 0) is 14.9 Å². The molecule has 5 nitrogen and oxygen atoms in total. The van der Waals surface area contributed by atoms with Gasteiger partial charge in [0, 0.05) is 31.7 Å². The van der Waals surface area contributed by atoms with E-state index in [0.717, 1.165) is 31.7 Å². The molecule has 0 aromatic heterocycles. The summed E-state index contributed by atoms with van der Waals surface area (Å²) in [5, 5.41) is 0. The van der Waals surface area contributed by atoms with E-state index in [9.17, 15) is 4.79 Å². The van der Waals surface area contributed by atoms with Crippen LogP contribution in [-0.4, -0.2) is 74.2 Å². The lowest BCUT2D eigenvalue weighted by Crippen LogP contribution is -2.55. The minimum Gasteiger partial charge on any atom is -0.379 e. The Hall–Kier alpha value is -2.05. The van der Waals surface area contributed by atoms with Crippen LogP contribution in [0, 0.1) is 0 Å². The fourth-order valence-electron chi connectivity index (χ4n) is 4.77. The van der Waals surface area contributed by atoms with Gasteiger partial charge in [0.25, 0.3) is 0 Å². The van der Waals surface area contributed by atoms with Crippen molar-refractivity contribution >= 4 is 5.78 Å². The lowest BCUT2D eigenvalue weighted by atomic mass is 9.85. The molecule has 4 rings (SSSR count). The lowest BCUT2D eigenvalue weighted by molar-refractivity contribution is -0.0301. The van der Waals surface area contributed by atoms with E-state index in [-0.39, 0.29) is 23.3 Å². The molecule has 0 aliphatic carbocycles. The number of hydrogen-bond acceptors (Lipinski definition) is 5. The van der Waals surface area contributed by atoms with Crippen LogP contribution in [0.4, 0.5) is 0 Å². The summed E-state index contributed by atoms with van der Waals surface area (Å²) in [6.45, 7) is 12.5. The van der Waals surface area contributed by atoms with E-state index in [4.69, 9.17) is 9.47 Å². The van der Waals surface area contributed by atoms with Gasteiger partial charge in [-0.3, -0.25) is 14.6 Å². The Labute approximate surface area is 192 Å². The summed E-state index contributed by atoms with van der Waals surface area (Å²) in [6.07, 6.45) is 0. The molecule has 0 bridgehead atoms. The fourth-order valence-corrected chi connectivity index (χ4v) is 4.77. The van der Waals surface area contributed by atoms with E-state index >= 15 is 0 Å². The van der Waals surface area contributed by atoms with Crippen molar-refractivity contribution in [2.24, 2.45) is 0 Å². The van der Waals surface area contributed by atoms with E-state index < -0.39 is 0 Å². The van der Waals surface area contributed by atoms with Gasteiger partial charge < -0.3 is 9.47 Å². The molecule has 172 valence electrons. The summed E-state index contributed by atoms with van der Waals surface area (Å²) < 4.78 is 11.3. The van der Waals surface area contributed by atoms with E-state index in [0.29, 0.717) is 26.4 Å². The van der Waals surface area contributed by atoms with Gasteiger partial charge in [-0.05, 0) is 16.5 Å². The molecule has 0 amide bonds. The van der Waals surface area contributed by atoms with Gasteiger partial charge in [-0.15, -0.1) is 0 Å². The SMILES string of the molecule is CC(C)(C)c1ccc(C(=O)[C@@H]([C@@H](c2ccccc2)N2CCOCC2)N2CCOCC2)cc1. The number of rotatable bonds is 6. The minimum atomic E-state index is -0.264. The van der Waals surface area contributed by atoms with Crippen molar-refractivity contribution in [3.05, 3.63) is 71.3 Å². The third-order valence-electron chi connectivity index (χ3n) is 6.62. The van der Waals surface area contributed by atoms with Gasteiger partial charge in [0.2, 0.25) is 0 Å². The molecule has 32 heavy (non-hydrogen) atoms. The summed E-state index contributed by atoms with van der Waals surface area (Å²) in [4.78, 5) is 18.9. The Bertz CT molecular complexity index is 864. The van der Waals surface area contributed by atoms with Crippen molar-refractivity contribution in [1.82, 2.24) is 9.80 Å². The minimum absolute atomic E-state index is 0.0204. The zero-order valence-corrected chi connectivity index (χ0v) is 19.6. The highest BCUT2D eigenvalue weighted by Crippen LogP contribution is 2.32. The Balaban J connectivity index is 1.73. The molecule has 2 saturated heterocycles. The number of hydrogen-bond donors (Lipinski definition) is 0. The van der Waals surface area contributed by atoms with E-state index in [1.54, 1.807) is 0 Å². The van der Waals surface area contributed by atoms with Crippen molar-refractivity contribution in [3.8, 4) is 0 Å². The first-order chi connectivity index (χ1) is 15.4. The predicted octanol–water partition coefficient (Wildman–Crippen LogP) is 3.94. The quantitative estimate of drug-likeness (QED) is 0.642. The first-order valence-electron chi connectivity index (χ1n) is 11.8. The number of nitrogens with zero attached hydrogens (tertiary/aromatic N) is 2. The van der Waals surface area contributed by atoms with Crippen LogP contribution in [0.1, 0.15) is 48.3 Å². The van der Waals surface area contributed by atoms with Gasteiger partial charge in [0.05, 0.1) is 38.5 Å². The molecule has 0 N–H and O–H groups in total.